The van der Waals surface area contributed by atoms with Crippen molar-refractivity contribution in [2.45, 2.75) is 77.6 Å². The molecule has 0 aromatic heterocycles. The van der Waals surface area contributed by atoms with Gasteiger partial charge in [-0.05, 0) is 59.4 Å². The van der Waals surface area contributed by atoms with Crippen LogP contribution in [0.2, 0.25) is 0 Å². The number of alkyl halides is 3. The molecule has 0 bridgehead atoms. The van der Waals surface area contributed by atoms with Crippen LogP contribution >= 0.6 is 0 Å². The minimum absolute atomic E-state index is 0.0547. The van der Waals surface area contributed by atoms with E-state index < -0.39 is 17.7 Å². The van der Waals surface area contributed by atoms with Crippen LogP contribution in [-0.4, -0.2) is 28.9 Å². The van der Waals surface area contributed by atoms with E-state index in [0.717, 1.165) is 60.1 Å². The second-order valence-electron chi connectivity index (χ2n) is 10.3. The number of carboxylic acids is 1. The third-order valence-corrected chi connectivity index (χ3v) is 6.90. The first kappa shape index (κ1) is 31.7. The molecular weight excluding hydrogens is 531 g/mol. The van der Waals surface area contributed by atoms with Gasteiger partial charge in [0.1, 0.15) is 12.4 Å². The molecule has 0 atom stereocenters. The summed E-state index contributed by atoms with van der Waals surface area (Å²) in [5.74, 6) is -0.383. The van der Waals surface area contributed by atoms with Gasteiger partial charge in [0, 0.05) is 32.0 Å². The standard InChI is InChI=1S/C33H38F3NO4/c1-3-4-5-6-7-14-31(38)37(2)22-25-10-8-12-27(19-25)29-17-15-24(16-18-32(39)40)21-30(29)41-23-26-11-9-13-28(20-26)33(34,35)36/h8-13,15,17,19-21H,3-7,14,16,18,22-23H2,1-2H3,(H,39,40). The molecule has 3 aromatic rings. The van der Waals surface area contributed by atoms with Crippen LogP contribution in [0, 0.1) is 0 Å². The van der Waals surface area contributed by atoms with Gasteiger partial charge in [0.05, 0.1) is 5.56 Å². The lowest BCUT2D eigenvalue weighted by atomic mass is 9.99. The van der Waals surface area contributed by atoms with Crippen molar-refractivity contribution >= 4 is 11.9 Å². The zero-order valence-electron chi connectivity index (χ0n) is 23.7. The molecule has 41 heavy (non-hydrogen) atoms. The van der Waals surface area contributed by atoms with Gasteiger partial charge < -0.3 is 14.7 Å². The van der Waals surface area contributed by atoms with Crippen molar-refractivity contribution in [1.82, 2.24) is 4.90 Å². The Balaban J connectivity index is 1.79. The van der Waals surface area contributed by atoms with Crippen LogP contribution in [-0.2, 0) is 35.3 Å². The molecule has 8 heteroatoms. The number of hydrogen-bond donors (Lipinski definition) is 1. The maximum absolute atomic E-state index is 13.2. The van der Waals surface area contributed by atoms with Gasteiger partial charge in [-0.1, -0.05) is 75.1 Å². The lowest BCUT2D eigenvalue weighted by molar-refractivity contribution is -0.138. The minimum atomic E-state index is -4.46. The Hall–Kier alpha value is -3.81. The second-order valence-corrected chi connectivity index (χ2v) is 10.3. The van der Waals surface area contributed by atoms with Gasteiger partial charge in [-0.15, -0.1) is 0 Å². The maximum atomic E-state index is 13.2. The van der Waals surface area contributed by atoms with Gasteiger partial charge >= 0.3 is 12.1 Å². The van der Waals surface area contributed by atoms with E-state index >= 15 is 0 Å². The highest BCUT2D eigenvalue weighted by atomic mass is 19.4. The highest BCUT2D eigenvalue weighted by Crippen LogP contribution is 2.34. The Morgan fingerprint density at radius 1 is 0.854 bits per heavy atom. The summed E-state index contributed by atoms with van der Waals surface area (Å²) in [6.07, 6.45) is 1.71. The van der Waals surface area contributed by atoms with Gasteiger partial charge in [-0.2, -0.15) is 13.2 Å². The highest BCUT2D eigenvalue weighted by Gasteiger charge is 2.30. The Morgan fingerprint density at radius 3 is 2.32 bits per heavy atom. The van der Waals surface area contributed by atoms with Gasteiger partial charge in [0.15, 0.2) is 0 Å². The molecule has 1 amide bonds. The van der Waals surface area contributed by atoms with E-state index in [1.54, 1.807) is 24.1 Å². The molecule has 0 aliphatic heterocycles. The van der Waals surface area contributed by atoms with E-state index in [2.05, 4.69) is 6.92 Å². The second kappa shape index (κ2) is 15.3. The van der Waals surface area contributed by atoms with Crippen molar-refractivity contribution < 1.29 is 32.6 Å². The van der Waals surface area contributed by atoms with Gasteiger partial charge in [0.25, 0.3) is 0 Å². The number of rotatable bonds is 15. The normalized spacial score (nSPS) is 11.3. The van der Waals surface area contributed by atoms with Crippen molar-refractivity contribution in [3.05, 3.63) is 89.0 Å². The Bertz CT molecular complexity index is 1310. The van der Waals surface area contributed by atoms with E-state index in [-0.39, 0.29) is 18.9 Å². The van der Waals surface area contributed by atoms with E-state index in [1.807, 2.05) is 36.4 Å². The SMILES string of the molecule is CCCCCCCC(=O)N(C)Cc1cccc(-c2ccc(CCC(=O)O)cc2OCc2cccc(C(F)(F)F)c2)c1. The van der Waals surface area contributed by atoms with Crippen molar-refractivity contribution in [3.8, 4) is 16.9 Å². The largest absolute Gasteiger partial charge is 0.488 e. The number of unbranched alkanes of at least 4 members (excludes halogenated alkanes) is 4. The summed E-state index contributed by atoms with van der Waals surface area (Å²) < 4.78 is 45.6. The predicted octanol–water partition coefficient (Wildman–Crippen LogP) is 8.29. The van der Waals surface area contributed by atoms with Crippen LogP contribution in [0.4, 0.5) is 13.2 Å². The first-order chi connectivity index (χ1) is 19.6. The fourth-order valence-electron chi connectivity index (χ4n) is 4.60. The Kier molecular flexibility index (Phi) is 11.8. The average Bonchev–Trinajstić information content (AvgIpc) is 2.94. The zero-order valence-corrected chi connectivity index (χ0v) is 23.7. The molecular formula is C33H38F3NO4. The van der Waals surface area contributed by atoms with Crippen molar-refractivity contribution in [3.63, 3.8) is 0 Å². The number of carboxylic acid groups (broad SMARTS) is 1. The first-order valence-electron chi connectivity index (χ1n) is 14.0. The number of halogens is 3. The van der Waals surface area contributed by atoms with Crippen LogP contribution in [0.5, 0.6) is 5.75 Å². The molecule has 3 aromatic carbocycles. The van der Waals surface area contributed by atoms with Gasteiger partial charge in [-0.3, -0.25) is 9.59 Å². The van der Waals surface area contributed by atoms with Crippen LogP contribution in [0.15, 0.2) is 66.7 Å². The quantitative estimate of drug-likeness (QED) is 0.187. The summed E-state index contributed by atoms with van der Waals surface area (Å²) in [5, 5.41) is 9.09. The van der Waals surface area contributed by atoms with E-state index in [9.17, 15) is 22.8 Å². The third-order valence-electron chi connectivity index (χ3n) is 6.90. The fourth-order valence-corrected chi connectivity index (χ4v) is 4.60. The highest BCUT2D eigenvalue weighted by molar-refractivity contribution is 5.76. The number of amides is 1. The minimum Gasteiger partial charge on any atom is -0.488 e. The topological polar surface area (TPSA) is 66.8 Å². The fraction of sp³-hybridized carbons (Fsp3) is 0.394. The molecule has 0 heterocycles. The maximum Gasteiger partial charge on any atom is 0.416 e. The Labute approximate surface area is 240 Å². The van der Waals surface area contributed by atoms with Crippen molar-refractivity contribution in [2.24, 2.45) is 0 Å². The van der Waals surface area contributed by atoms with Crippen LogP contribution in [0.25, 0.3) is 11.1 Å². The Morgan fingerprint density at radius 2 is 1.59 bits per heavy atom. The summed E-state index contributed by atoms with van der Waals surface area (Å²) in [6.45, 7) is 2.51. The smallest absolute Gasteiger partial charge is 0.416 e. The number of hydrogen-bond acceptors (Lipinski definition) is 3. The van der Waals surface area contributed by atoms with E-state index in [0.29, 0.717) is 30.7 Å². The molecule has 0 aliphatic rings. The summed E-state index contributed by atoms with van der Waals surface area (Å²) in [7, 11) is 1.79. The number of benzene rings is 3. The van der Waals surface area contributed by atoms with Gasteiger partial charge in [-0.25, -0.2) is 0 Å². The summed E-state index contributed by atoms with van der Waals surface area (Å²) in [5.41, 5.74) is 2.85. The predicted molar refractivity (Wildman–Crippen MR) is 153 cm³/mol. The zero-order chi connectivity index (χ0) is 29.8. The molecule has 0 fully saturated rings. The van der Waals surface area contributed by atoms with Crippen LogP contribution in [0.3, 0.4) is 0 Å². The lowest BCUT2D eigenvalue weighted by Gasteiger charge is -2.19. The van der Waals surface area contributed by atoms with E-state index in [1.165, 1.54) is 12.5 Å². The van der Waals surface area contributed by atoms with Crippen molar-refractivity contribution in [1.29, 1.82) is 0 Å². The van der Waals surface area contributed by atoms with Crippen LogP contribution in [0.1, 0.15) is 74.1 Å². The molecule has 220 valence electrons. The molecule has 3 rings (SSSR count). The molecule has 0 saturated heterocycles. The van der Waals surface area contributed by atoms with Crippen LogP contribution < -0.4 is 4.74 Å². The van der Waals surface area contributed by atoms with E-state index in [4.69, 9.17) is 9.84 Å². The molecule has 0 saturated carbocycles. The molecule has 5 nitrogen and oxygen atoms in total. The number of carbonyl (C=O) groups excluding carboxylic acids is 1. The number of aryl methyl sites for hydroxylation is 1. The van der Waals surface area contributed by atoms with Gasteiger partial charge in [0.2, 0.25) is 5.91 Å². The third kappa shape index (κ3) is 10.3. The lowest BCUT2D eigenvalue weighted by Crippen LogP contribution is -2.25. The molecule has 0 radical (unpaired) electrons. The number of aliphatic carboxylic acids is 1. The molecule has 1 N–H and O–H groups in total. The monoisotopic (exact) mass is 569 g/mol. The summed E-state index contributed by atoms with van der Waals surface area (Å²) >= 11 is 0. The first-order valence-corrected chi connectivity index (χ1v) is 14.0. The van der Waals surface area contributed by atoms with Crippen molar-refractivity contribution in [2.75, 3.05) is 7.05 Å². The molecule has 0 aliphatic carbocycles. The molecule has 0 unspecified atom stereocenters. The molecule has 0 spiro atoms. The average molecular weight is 570 g/mol. The number of carbonyl (C=O) groups is 2. The summed E-state index contributed by atoms with van der Waals surface area (Å²) in [4.78, 5) is 25.4. The number of ether oxygens (including phenoxy) is 1. The number of nitrogens with zero attached hydrogens (tertiary/aromatic N) is 1. The summed E-state index contributed by atoms with van der Waals surface area (Å²) in [6, 6.07) is 18.1.